The summed E-state index contributed by atoms with van der Waals surface area (Å²) in [5.74, 6) is -0.237. The van der Waals surface area contributed by atoms with Crippen molar-refractivity contribution in [2.24, 2.45) is 17.8 Å². The molecule has 89 heavy (non-hydrogen) atoms. The molecule has 5 aliphatic rings. The number of carbonyl (C=O) groups is 1. The van der Waals surface area contributed by atoms with Gasteiger partial charge in [-0.25, -0.2) is 0 Å². The van der Waals surface area contributed by atoms with Crippen molar-refractivity contribution in [3.8, 4) is 0 Å². The molecule has 0 aromatic carbocycles. The number of carbonyl (C=O) groups excluding carboxylic acids is 1. The van der Waals surface area contributed by atoms with E-state index in [9.17, 15) is 52.1 Å². The molecule has 0 bridgehead atoms. The van der Waals surface area contributed by atoms with Gasteiger partial charge in [-0.3, -0.25) is 27.6 Å². The molecule has 0 aromatic rings. The Kier molecular flexibility index (Phi) is 52.7. The van der Waals surface area contributed by atoms with E-state index in [0.717, 1.165) is 13.2 Å². The van der Waals surface area contributed by atoms with Crippen molar-refractivity contribution >= 4 is 98.3 Å². The zero-order valence-electron chi connectivity index (χ0n) is 51.8. The molecule has 492 valence electrons. The van der Waals surface area contributed by atoms with E-state index in [1.807, 2.05) is 55.4 Å². The molecule has 20 atom stereocenters. The van der Waals surface area contributed by atoms with E-state index in [2.05, 4.69) is 13.6 Å². The molecule has 5 unspecified atom stereocenters. The van der Waals surface area contributed by atoms with Crippen LogP contribution in [0.4, 0.5) is 0 Å². The average molecular weight is 1660 g/mol. The minimum atomic E-state index is -4.89. The van der Waals surface area contributed by atoms with Gasteiger partial charge in [-0.05, 0) is 96.7 Å². The maximum Gasteiger partial charge on any atom is 0.268 e. The number of Topliss-reactive ketones (excluding diaryl/α,β-unsaturated/α-hetero) is 1. The second-order valence-electron chi connectivity index (χ2n) is 21.7. The van der Waals surface area contributed by atoms with E-state index in [4.69, 9.17) is 109 Å². The van der Waals surface area contributed by atoms with Crippen LogP contribution in [0.5, 0.6) is 0 Å². The van der Waals surface area contributed by atoms with Gasteiger partial charge in [0.1, 0.15) is 48.0 Å². The molecule has 5 rings (SSSR count). The fourth-order valence-electron chi connectivity index (χ4n) is 7.65. The minimum absolute atomic E-state index is 0. The zero-order valence-corrected chi connectivity index (χ0v) is 67.6. The standard InChI is InChI=1S/C17H31B3O11P2.C10H18BO6P.C9H17BO6P.C8H16B2O6P.4Y/c1-10(2)7-26-32(21,22)30-12-5-16(18)28-15(12)9-27-33(23,24)31-13-6-17(20-19)29-14(13)8-25-11(3)4;1-6(2)5-15-18(13,14)17-8-4-9(11)16-10(8)7(3)12;1-6(2)5-14-17(12,13)16-7-3-9(10)15-8(7)4-11;1-5(2)14-4-7-6(16-17(11,12)13)3-8(10-9)15-7;;;;/h9-17H,5-8H2,1-4H3,(H,21,22)(H,23,24);6,8-10H,4-5H2,1-3H3,(H,13,14);4,6-9,11H,3,5H2,1-2H3,(H,12,13);5-8H,3-4H2,1-2H3,(H2,11,12,13);;;;/q-1;;-1;;;;;/p-5/t12-,13-,14-,15-,16-,17-;8-,9-,10-;7-,8-,9-;6-,7-,8-;;;;/m1111..../s1. The van der Waals surface area contributed by atoms with Crippen LogP contribution in [0.15, 0.2) is 0 Å². The molecule has 0 spiro atoms. The van der Waals surface area contributed by atoms with E-state index >= 15 is 0 Å². The van der Waals surface area contributed by atoms with Crippen LogP contribution >= 0.6 is 39.1 Å². The Morgan fingerprint density at radius 1 is 0.528 bits per heavy atom. The summed E-state index contributed by atoms with van der Waals surface area (Å²) in [4.78, 5) is 78.1. The van der Waals surface area contributed by atoms with Crippen LogP contribution < -0.4 is 24.5 Å². The second kappa shape index (κ2) is 47.9. The quantitative estimate of drug-likeness (QED) is 0.0509. The van der Waals surface area contributed by atoms with Gasteiger partial charge in [0.15, 0.2) is 5.78 Å². The van der Waals surface area contributed by atoms with Crippen molar-refractivity contribution in [1.82, 2.24) is 0 Å². The topological polar surface area (TPSA) is 406 Å². The predicted octanol–water partition coefficient (Wildman–Crippen LogP) is 0.0213. The molecule has 0 aliphatic carbocycles. The Morgan fingerprint density at radius 3 is 1.21 bits per heavy atom. The van der Waals surface area contributed by atoms with Crippen LogP contribution in [-0.2, 0) is 232 Å². The van der Waals surface area contributed by atoms with Crippen molar-refractivity contribution in [1.29, 1.82) is 0 Å². The average Bonchev–Trinajstić information content (AvgIpc) is 4.45. The molecule has 5 aliphatic heterocycles. The molecule has 2 N–H and O–H groups in total. The van der Waals surface area contributed by atoms with Crippen LogP contribution in [0.1, 0.15) is 108 Å². The molecule has 5 fully saturated rings. The van der Waals surface area contributed by atoms with E-state index in [1.165, 1.54) is 21.3 Å². The third-order valence-corrected chi connectivity index (χ3v) is 15.8. The van der Waals surface area contributed by atoms with E-state index in [1.54, 1.807) is 13.8 Å². The summed E-state index contributed by atoms with van der Waals surface area (Å²) in [6.45, 7) is 21.2. The van der Waals surface area contributed by atoms with Gasteiger partial charge in [-0.2, -0.15) is 13.2 Å². The first-order valence-electron chi connectivity index (χ1n) is 27.2. The number of ether oxygens (including phenoxy) is 7. The fourth-order valence-corrected chi connectivity index (χ4v) is 12.3. The first-order valence-corrected chi connectivity index (χ1v) is 34.5. The van der Waals surface area contributed by atoms with Gasteiger partial charge >= 0.3 is 0 Å². The summed E-state index contributed by atoms with van der Waals surface area (Å²) in [5.41, 5.74) is 0. The van der Waals surface area contributed by atoms with Crippen LogP contribution in [-0.4, -0.2) is 205 Å². The molecule has 5 heterocycles. The van der Waals surface area contributed by atoms with Crippen LogP contribution in [0.25, 0.3) is 0 Å². The molecule has 29 nitrogen and oxygen atoms in total. The third kappa shape index (κ3) is 42.7. The molecule has 5 saturated heterocycles. The van der Waals surface area contributed by atoms with Gasteiger partial charge in [0.05, 0.1) is 84.0 Å². The molecule has 45 heteroatoms. The monoisotopic (exact) mass is 1660 g/mol. The Labute approximate surface area is 633 Å². The number of hydrogen-bond donors (Lipinski definition) is 2. The van der Waals surface area contributed by atoms with Crippen molar-refractivity contribution in [2.75, 3.05) is 33.0 Å². The van der Waals surface area contributed by atoms with Crippen molar-refractivity contribution in [2.45, 2.75) is 212 Å². The Hall–Kier alpha value is 4.77. The summed E-state index contributed by atoms with van der Waals surface area (Å²) >= 11 is 0. The molecule has 0 amide bonds. The van der Waals surface area contributed by atoms with Gasteiger partial charge < -0.3 is 108 Å². The third-order valence-electron chi connectivity index (χ3n) is 11.4. The predicted molar refractivity (Wildman–Crippen MR) is 298 cm³/mol. The van der Waals surface area contributed by atoms with Crippen LogP contribution in [0, 0.1) is 31.0 Å². The summed E-state index contributed by atoms with van der Waals surface area (Å²) in [6.07, 6.45) is -8.14. The first kappa shape index (κ1) is 97.9. The van der Waals surface area contributed by atoms with Gasteiger partial charge in [-0.1, -0.05) is 41.5 Å². The number of aliphatic hydroxyl groups excluding tert-OH is 1. The number of ketones is 1. The molecule has 0 aromatic heterocycles. The van der Waals surface area contributed by atoms with E-state index in [-0.39, 0.29) is 232 Å². The number of phosphoric ester groups is 5. The van der Waals surface area contributed by atoms with Gasteiger partial charge in [0.2, 0.25) is 7.82 Å². The second-order valence-corrected chi connectivity index (χ2v) is 28.2. The summed E-state index contributed by atoms with van der Waals surface area (Å²) < 4.78 is 139. The maximum atomic E-state index is 12.4. The number of phosphoric acid groups is 5. The summed E-state index contributed by atoms with van der Waals surface area (Å²) in [6, 6.07) is -3.15. The van der Waals surface area contributed by atoms with Crippen molar-refractivity contribution in [3.63, 3.8) is 0 Å². The molecule has 16 radical (unpaired) electrons. The minimum Gasteiger partial charge on any atom is -0.758 e. The van der Waals surface area contributed by atoms with Crippen LogP contribution in [0.2, 0.25) is 0 Å². The first-order chi connectivity index (χ1) is 39.2. The largest absolute Gasteiger partial charge is 0.758 e. The Morgan fingerprint density at radius 2 is 0.865 bits per heavy atom. The van der Waals surface area contributed by atoms with Crippen LogP contribution in [0.3, 0.4) is 0 Å². The number of hydrogen-bond acceptors (Lipinski definition) is 28. The summed E-state index contributed by atoms with van der Waals surface area (Å²) in [5, 5.41) is 8.85. The van der Waals surface area contributed by atoms with Gasteiger partial charge in [-0.15, -0.1) is 0 Å². The normalized spacial score (nSPS) is 31.5. The number of aliphatic hydroxyl groups is 1. The molecule has 0 saturated carbocycles. The SMILES string of the molecule is [B][B][C@H]1C[C@@H](OP(=O)([O-])O)[C@@H](COC(C)C)O1.[B][B][C@H]1C[C@@H](OP(=O)([O-])O[CH-][C@H]2O[C@@H]([B])C[C@H]2OP(=O)([O-])OCC(C)C)[C@@H](COC(C)C)O1.[B][C@H]1C[C@@H](OP(=O)([O-])OCC(C)C)[C@@H](C(C)=O)O1.[B][C@H]1C[C@@H](OP(=O)([O-])OCC(C)C)[C@@H]([CH-]O)O1.[Y].[Y].[Y].[Y]. The van der Waals surface area contributed by atoms with Crippen molar-refractivity contribution < 1.29 is 267 Å². The smallest absolute Gasteiger partial charge is 0.268 e. The van der Waals surface area contributed by atoms with Gasteiger partial charge in [0, 0.05) is 176 Å². The fraction of sp³-hybridized carbons (Fsp3) is 0.932. The van der Waals surface area contributed by atoms with Gasteiger partial charge in [0.25, 0.3) is 31.3 Å². The van der Waals surface area contributed by atoms with E-state index in [0.29, 0.717) is 0 Å². The van der Waals surface area contributed by atoms with Crippen molar-refractivity contribution in [3.05, 3.63) is 13.2 Å². The zero-order chi connectivity index (χ0) is 64.8. The Bertz CT molecular complexity index is 2210. The summed E-state index contributed by atoms with van der Waals surface area (Å²) in [7, 11) is 6.96. The molecular weight excluding hydrogens is 1580 g/mol. The maximum absolute atomic E-state index is 12.4. The van der Waals surface area contributed by atoms with E-state index < -0.39 is 130 Å². The molecular formula is C44H77B7O29P5Y4-7. The number of rotatable bonds is 32. The Balaban J connectivity index is -0.00000115.